The molecule has 0 aliphatic carbocycles. The zero-order valence-corrected chi connectivity index (χ0v) is 12.4. The summed E-state index contributed by atoms with van der Waals surface area (Å²) in [4.78, 5) is 4.47. The fourth-order valence-corrected chi connectivity index (χ4v) is 2.97. The quantitative estimate of drug-likeness (QED) is 0.738. The number of fused-ring (bicyclic) bond motifs is 1. The Labute approximate surface area is 120 Å². The second-order valence-corrected chi connectivity index (χ2v) is 5.56. The predicted octanol–water partition coefficient (Wildman–Crippen LogP) is 3.99. The second-order valence-electron chi connectivity index (χ2n) is 4.70. The lowest BCUT2D eigenvalue weighted by atomic mass is 10.2. The Bertz CT molecular complexity index is 774. The first-order chi connectivity index (χ1) is 9.08. The SMILES string of the molecule is Cc1ccc(-n2c(N)nc3c(C)cccc32)c(Br)c1. The lowest BCUT2D eigenvalue weighted by Gasteiger charge is -2.09. The van der Waals surface area contributed by atoms with Crippen molar-refractivity contribution in [2.45, 2.75) is 13.8 Å². The highest BCUT2D eigenvalue weighted by molar-refractivity contribution is 9.10. The predicted molar refractivity (Wildman–Crippen MR) is 82.7 cm³/mol. The third-order valence-corrected chi connectivity index (χ3v) is 3.89. The van der Waals surface area contributed by atoms with E-state index in [0.29, 0.717) is 5.95 Å². The molecule has 3 rings (SSSR count). The topological polar surface area (TPSA) is 43.8 Å². The Hall–Kier alpha value is -1.81. The van der Waals surface area contributed by atoms with Crippen molar-refractivity contribution in [3.05, 3.63) is 52.0 Å². The minimum atomic E-state index is 0.508. The highest BCUT2D eigenvalue weighted by atomic mass is 79.9. The number of imidazole rings is 1. The first-order valence-corrected chi connectivity index (χ1v) is 6.87. The van der Waals surface area contributed by atoms with E-state index in [1.807, 2.05) is 29.7 Å². The summed E-state index contributed by atoms with van der Waals surface area (Å²) in [5.74, 6) is 0.508. The van der Waals surface area contributed by atoms with Crippen molar-refractivity contribution in [1.29, 1.82) is 0 Å². The maximum atomic E-state index is 6.09. The van der Waals surface area contributed by atoms with Gasteiger partial charge in [0.05, 0.1) is 16.7 Å². The van der Waals surface area contributed by atoms with Gasteiger partial charge in [-0.25, -0.2) is 4.98 Å². The number of benzene rings is 2. The van der Waals surface area contributed by atoms with E-state index < -0.39 is 0 Å². The van der Waals surface area contributed by atoms with Crippen LogP contribution in [0.15, 0.2) is 40.9 Å². The molecule has 0 aliphatic rings. The standard InChI is InChI=1S/C15H14BrN3/c1-9-6-7-12(11(16)8-9)19-13-5-3-4-10(2)14(13)18-15(19)17/h3-8H,1-2H3,(H2,17,18). The number of hydrogen-bond donors (Lipinski definition) is 1. The summed E-state index contributed by atoms with van der Waals surface area (Å²) in [6, 6.07) is 12.3. The Kier molecular flexibility index (Phi) is 2.82. The van der Waals surface area contributed by atoms with Crippen LogP contribution >= 0.6 is 15.9 Å². The van der Waals surface area contributed by atoms with E-state index >= 15 is 0 Å². The van der Waals surface area contributed by atoms with Crippen molar-refractivity contribution in [3.63, 3.8) is 0 Å². The van der Waals surface area contributed by atoms with Crippen LogP contribution in [0.25, 0.3) is 16.7 Å². The molecular weight excluding hydrogens is 302 g/mol. The molecule has 1 heterocycles. The number of anilines is 1. The van der Waals surface area contributed by atoms with Crippen molar-refractivity contribution in [2.75, 3.05) is 5.73 Å². The van der Waals surface area contributed by atoms with E-state index in [1.165, 1.54) is 5.56 Å². The molecule has 2 aromatic carbocycles. The van der Waals surface area contributed by atoms with Crippen LogP contribution in [0.1, 0.15) is 11.1 Å². The summed E-state index contributed by atoms with van der Waals surface area (Å²) in [5.41, 5.74) is 11.4. The van der Waals surface area contributed by atoms with Crippen molar-refractivity contribution in [1.82, 2.24) is 9.55 Å². The number of hydrogen-bond acceptors (Lipinski definition) is 2. The van der Waals surface area contributed by atoms with Gasteiger partial charge in [0, 0.05) is 4.47 Å². The van der Waals surface area contributed by atoms with Gasteiger partial charge >= 0.3 is 0 Å². The number of nitrogens with zero attached hydrogens (tertiary/aromatic N) is 2. The molecule has 0 fully saturated rings. The summed E-state index contributed by atoms with van der Waals surface area (Å²) in [6.07, 6.45) is 0. The van der Waals surface area contributed by atoms with Crippen LogP contribution in [-0.4, -0.2) is 9.55 Å². The van der Waals surface area contributed by atoms with Gasteiger partial charge in [-0.15, -0.1) is 0 Å². The van der Waals surface area contributed by atoms with Gasteiger partial charge in [0.15, 0.2) is 0 Å². The van der Waals surface area contributed by atoms with Crippen molar-refractivity contribution in [3.8, 4) is 5.69 Å². The number of para-hydroxylation sites is 1. The molecular formula is C15H14BrN3. The van der Waals surface area contributed by atoms with Gasteiger partial charge in [0.25, 0.3) is 0 Å². The van der Waals surface area contributed by atoms with Crippen molar-refractivity contribution in [2.24, 2.45) is 0 Å². The molecule has 0 amide bonds. The van der Waals surface area contributed by atoms with Crippen LogP contribution in [0.2, 0.25) is 0 Å². The normalized spacial score (nSPS) is 11.1. The lowest BCUT2D eigenvalue weighted by molar-refractivity contribution is 1.10. The molecule has 0 saturated heterocycles. The molecule has 96 valence electrons. The van der Waals surface area contributed by atoms with Gasteiger partial charge in [0.2, 0.25) is 5.95 Å². The van der Waals surface area contributed by atoms with Crippen molar-refractivity contribution >= 4 is 32.9 Å². The molecule has 0 radical (unpaired) electrons. The smallest absolute Gasteiger partial charge is 0.205 e. The van der Waals surface area contributed by atoms with Crippen molar-refractivity contribution < 1.29 is 0 Å². The van der Waals surface area contributed by atoms with E-state index in [1.54, 1.807) is 0 Å². The molecule has 0 aliphatic heterocycles. The first kappa shape index (κ1) is 12.2. The third-order valence-electron chi connectivity index (χ3n) is 3.26. The monoisotopic (exact) mass is 315 g/mol. The molecule has 1 aromatic heterocycles. The fourth-order valence-electron chi connectivity index (χ4n) is 2.30. The van der Waals surface area contributed by atoms with Crippen LogP contribution in [0.3, 0.4) is 0 Å². The number of aromatic nitrogens is 2. The maximum absolute atomic E-state index is 6.09. The van der Waals surface area contributed by atoms with Crippen LogP contribution in [0.4, 0.5) is 5.95 Å². The summed E-state index contributed by atoms with van der Waals surface area (Å²) < 4.78 is 2.99. The summed E-state index contributed by atoms with van der Waals surface area (Å²) in [7, 11) is 0. The van der Waals surface area contributed by atoms with Gasteiger partial charge in [-0.3, -0.25) is 4.57 Å². The molecule has 0 saturated carbocycles. The minimum Gasteiger partial charge on any atom is -0.369 e. The molecule has 0 unspecified atom stereocenters. The number of aryl methyl sites for hydroxylation is 2. The van der Waals surface area contributed by atoms with E-state index in [2.05, 4.69) is 46.0 Å². The Morgan fingerprint density at radius 1 is 1.16 bits per heavy atom. The largest absolute Gasteiger partial charge is 0.369 e. The van der Waals surface area contributed by atoms with Crippen LogP contribution < -0.4 is 5.73 Å². The summed E-state index contributed by atoms with van der Waals surface area (Å²) in [5, 5.41) is 0. The third kappa shape index (κ3) is 1.92. The van der Waals surface area contributed by atoms with Crippen LogP contribution in [0.5, 0.6) is 0 Å². The van der Waals surface area contributed by atoms with E-state index in [9.17, 15) is 0 Å². The number of nitrogens with two attached hydrogens (primary N) is 1. The average Bonchev–Trinajstić information content (AvgIpc) is 2.68. The average molecular weight is 316 g/mol. The number of rotatable bonds is 1. The molecule has 4 heteroatoms. The molecule has 2 N–H and O–H groups in total. The fraction of sp³-hybridized carbons (Fsp3) is 0.133. The van der Waals surface area contributed by atoms with Gasteiger partial charge in [0.1, 0.15) is 0 Å². The highest BCUT2D eigenvalue weighted by Crippen LogP contribution is 2.29. The molecule has 3 aromatic rings. The van der Waals surface area contributed by atoms with Crippen LogP contribution in [-0.2, 0) is 0 Å². The molecule has 0 spiro atoms. The second kappa shape index (κ2) is 4.38. The molecule has 0 atom stereocenters. The summed E-state index contributed by atoms with van der Waals surface area (Å²) >= 11 is 3.60. The maximum Gasteiger partial charge on any atom is 0.205 e. The Morgan fingerprint density at radius 3 is 2.68 bits per heavy atom. The Balaban J connectivity index is 2.36. The zero-order chi connectivity index (χ0) is 13.6. The zero-order valence-electron chi connectivity index (χ0n) is 10.8. The number of halogens is 1. The number of nitrogen functional groups attached to an aromatic ring is 1. The minimum absolute atomic E-state index is 0.508. The molecule has 3 nitrogen and oxygen atoms in total. The van der Waals surface area contributed by atoms with Gasteiger partial charge in [-0.1, -0.05) is 18.2 Å². The van der Waals surface area contributed by atoms with Crippen LogP contribution in [0, 0.1) is 13.8 Å². The van der Waals surface area contributed by atoms with E-state index in [0.717, 1.165) is 26.8 Å². The first-order valence-electron chi connectivity index (χ1n) is 6.08. The summed E-state index contributed by atoms with van der Waals surface area (Å²) in [6.45, 7) is 4.11. The van der Waals surface area contributed by atoms with Gasteiger partial charge < -0.3 is 5.73 Å². The van der Waals surface area contributed by atoms with E-state index in [4.69, 9.17) is 5.73 Å². The van der Waals surface area contributed by atoms with Gasteiger partial charge in [-0.2, -0.15) is 0 Å². The highest BCUT2D eigenvalue weighted by Gasteiger charge is 2.13. The molecule has 19 heavy (non-hydrogen) atoms. The lowest BCUT2D eigenvalue weighted by Crippen LogP contribution is -2.01. The Morgan fingerprint density at radius 2 is 1.95 bits per heavy atom. The molecule has 0 bridgehead atoms. The van der Waals surface area contributed by atoms with E-state index in [-0.39, 0.29) is 0 Å². The van der Waals surface area contributed by atoms with Gasteiger partial charge in [-0.05, 0) is 59.1 Å².